The van der Waals surface area contributed by atoms with Crippen LogP contribution in [0.25, 0.3) is 0 Å². The Kier molecular flexibility index (Phi) is 4.06. The third-order valence-corrected chi connectivity index (χ3v) is 3.75. The van der Waals surface area contributed by atoms with Gasteiger partial charge in [-0.25, -0.2) is 9.59 Å². The van der Waals surface area contributed by atoms with Gasteiger partial charge in [0, 0.05) is 13.2 Å². The zero-order valence-corrected chi connectivity index (χ0v) is 10.4. The molecule has 1 atom stereocenters. The summed E-state index contributed by atoms with van der Waals surface area (Å²) in [6, 6.07) is -0.393. The van der Waals surface area contributed by atoms with Crippen molar-refractivity contribution in [2.75, 3.05) is 13.2 Å². The van der Waals surface area contributed by atoms with Crippen molar-refractivity contribution in [2.45, 2.75) is 50.2 Å². The molecule has 2 aliphatic rings. The minimum Gasteiger partial charge on any atom is -0.480 e. The van der Waals surface area contributed by atoms with Gasteiger partial charge in [0.2, 0.25) is 0 Å². The normalized spacial score (nSPS) is 25.2. The highest BCUT2D eigenvalue weighted by Crippen LogP contribution is 2.31. The van der Waals surface area contributed by atoms with Crippen molar-refractivity contribution in [1.82, 2.24) is 10.6 Å². The van der Waals surface area contributed by atoms with E-state index in [9.17, 15) is 9.59 Å². The van der Waals surface area contributed by atoms with Crippen LogP contribution >= 0.6 is 0 Å². The van der Waals surface area contributed by atoms with E-state index in [0.717, 1.165) is 32.3 Å². The number of carboxylic acids is 1. The fourth-order valence-corrected chi connectivity index (χ4v) is 2.40. The number of carboxylic acid groups (broad SMARTS) is 1. The molecule has 2 rings (SSSR count). The lowest BCUT2D eigenvalue weighted by Gasteiger charge is -2.38. The Morgan fingerprint density at radius 2 is 2.11 bits per heavy atom. The molecule has 0 aromatic carbocycles. The van der Waals surface area contributed by atoms with E-state index in [0.29, 0.717) is 19.4 Å². The SMILES string of the molecule is O=C(NCCC1CCCO1)NC1(C(=O)O)CCC1. The van der Waals surface area contributed by atoms with E-state index in [-0.39, 0.29) is 6.10 Å². The van der Waals surface area contributed by atoms with E-state index in [4.69, 9.17) is 9.84 Å². The van der Waals surface area contributed by atoms with Gasteiger partial charge in [-0.1, -0.05) is 0 Å². The molecule has 1 aliphatic heterocycles. The van der Waals surface area contributed by atoms with Crippen molar-refractivity contribution in [2.24, 2.45) is 0 Å². The van der Waals surface area contributed by atoms with Crippen LogP contribution < -0.4 is 10.6 Å². The molecular weight excluding hydrogens is 236 g/mol. The number of rotatable bonds is 5. The van der Waals surface area contributed by atoms with Gasteiger partial charge < -0.3 is 20.5 Å². The summed E-state index contributed by atoms with van der Waals surface area (Å²) in [4.78, 5) is 22.7. The largest absolute Gasteiger partial charge is 0.480 e. The quantitative estimate of drug-likeness (QED) is 0.681. The molecule has 0 bridgehead atoms. The van der Waals surface area contributed by atoms with Crippen molar-refractivity contribution in [3.63, 3.8) is 0 Å². The molecule has 3 N–H and O–H groups in total. The van der Waals surface area contributed by atoms with Crippen LogP contribution in [0.15, 0.2) is 0 Å². The Morgan fingerprint density at radius 1 is 1.33 bits per heavy atom. The standard InChI is InChI=1S/C12H20N2O4/c15-10(16)12(5-2-6-12)14-11(17)13-7-4-9-3-1-8-18-9/h9H,1-8H2,(H,15,16)(H2,13,14,17). The molecule has 0 aromatic heterocycles. The highest BCUT2D eigenvalue weighted by atomic mass is 16.5. The molecule has 1 saturated carbocycles. The summed E-state index contributed by atoms with van der Waals surface area (Å²) in [5.41, 5.74) is -1.03. The van der Waals surface area contributed by atoms with Crippen LogP contribution in [0.1, 0.15) is 38.5 Å². The summed E-state index contributed by atoms with van der Waals surface area (Å²) in [5, 5.41) is 14.3. The summed E-state index contributed by atoms with van der Waals surface area (Å²) in [5.74, 6) is -0.942. The third kappa shape index (κ3) is 2.93. The van der Waals surface area contributed by atoms with Crippen LogP contribution in [0.2, 0.25) is 0 Å². The fraction of sp³-hybridized carbons (Fsp3) is 0.833. The number of amides is 2. The van der Waals surface area contributed by atoms with Crippen LogP contribution in [-0.4, -0.2) is 41.9 Å². The van der Waals surface area contributed by atoms with E-state index in [1.54, 1.807) is 0 Å². The fourth-order valence-electron chi connectivity index (χ4n) is 2.40. The Labute approximate surface area is 106 Å². The summed E-state index contributed by atoms with van der Waals surface area (Å²) < 4.78 is 5.44. The van der Waals surface area contributed by atoms with Gasteiger partial charge >= 0.3 is 12.0 Å². The molecule has 0 radical (unpaired) electrons. The molecule has 2 amide bonds. The van der Waals surface area contributed by atoms with Crippen LogP contribution in [-0.2, 0) is 9.53 Å². The number of aliphatic carboxylic acids is 1. The zero-order chi connectivity index (χ0) is 13.0. The predicted molar refractivity (Wildman–Crippen MR) is 64.3 cm³/mol. The Hall–Kier alpha value is -1.30. The van der Waals surface area contributed by atoms with Crippen molar-refractivity contribution < 1.29 is 19.4 Å². The highest BCUT2D eigenvalue weighted by Gasteiger charge is 2.45. The van der Waals surface area contributed by atoms with Crippen LogP contribution in [0.3, 0.4) is 0 Å². The second-order valence-corrected chi connectivity index (χ2v) is 5.05. The summed E-state index contributed by atoms with van der Waals surface area (Å²) >= 11 is 0. The van der Waals surface area contributed by atoms with Crippen molar-refractivity contribution in [3.8, 4) is 0 Å². The lowest BCUT2D eigenvalue weighted by Crippen LogP contribution is -2.61. The predicted octanol–water partition coefficient (Wildman–Crippen LogP) is 0.862. The number of hydrogen-bond acceptors (Lipinski definition) is 3. The Bertz CT molecular complexity index is 322. The molecule has 0 spiro atoms. The average molecular weight is 256 g/mol. The zero-order valence-electron chi connectivity index (χ0n) is 10.4. The number of urea groups is 1. The first-order valence-electron chi connectivity index (χ1n) is 6.53. The van der Waals surface area contributed by atoms with Crippen LogP contribution in [0.5, 0.6) is 0 Å². The molecule has 1 saturated heterocycles. The van der Waals surface area contributed by atoms with Gasteiger partial charge in [0.1, 0.15) is 5.54 Å². The first-order chi connectivity index (χ1) is 8.62. The van der Waals surface area contributed by atoms with Gasteiger partial charge in [-0.05, 0) is 38.5 Å². The van der Waals surface area contributed by atoms with Gasteiger partial charge in [-0.15, -0.1) is 0 Å². The first-order valence-corrected chi connectivity index (χ1v) is 6.53. The van der Waals surface area contributed by atoms with Crippen molar-refractivity contribution in [1.29, 1.82) is 0 Å². The molecule has 6 heteroatoms. The van der Waals surface area contributed by atoms with E-state index < -0.39 is 17.5 Å². The maximum atomic E-state index is 11.6. The second kappa shape index (κ2) is 5.56. The lowest BCUT2D eigenvalue weighted by atomic mass is 9.77. The van der Waals surface area contributed by atoms with Crippen molar-refractivity contribution >= 4 is 12.0 Å². The van der Waals surface area contributed by atoms with Gasteiger partial charge in [0.05, 0.1) is 6.10 Å². The monoisotopic (exact) mass is 256 g/mol. The maximum Gasteiger partial charge on any atom is 0.329 e. The summed E-state index contributed by atoms with van der Waals surface area (Å²) in [7, 11) is 0. The van der Waals surface area contributed by atoms with E-state index in [2.05, 4.69) is 10.6 Å². The van der Waals surface area contributed by atoms with E-state index >= 15 is 0 Å². The first kappa shape index (κ1) is 13.1. The van der Waals surface area contributed by atoms with E-state index in [1.165, 1.54) is 0 Å². The van der Waals surface area contributed by atoms with Gasteiger partial charge in [-0.3, -0.25) is 0 Å². The molecule has 0 aromatic rings. The minimum atomic E-state index is -1.03. The van der Waals surface area contributed by atoms with Crippen molar-refractivity contribution in [3.05, 3.63) is 0 Å². The summed E-state index contributed by atoms with van der Waals surface area (Å²) in [6.07, 6.45) is 5.03. The average Bonchev–Trinajstić information content (AvgIpc) is 2.76. The third-order valence-electron chi connectivity index (χ3n) is 3.75. The number of carbonyl (C=O) groups is 2. The maximum absolute atomic E-state index is 11.6. The minimum absolute atomic E-state index is 0.238. The topological polar surface area (TPSA) is 87.7 Å². The molecular formula is C12H20N2O4. The number of hydrogen-bond donors (Lipinski definition) is 3. The molecule has 6 nitrogen and oxygen atoms in total. The van der Waals surface area contributed by atoms with Crippen LogP contribution in [0, 0.1) is 0 Å². The van der Waals surface area contributed by atoms with Gasteiger partial charge in [-0.2, -0.15) is 0 Å². The number of carbonyl (C=O) groups excluding carboxylic acids is 1. The molecule has 1 unspecified atom stereocenters. The molecule has 1 heterocycles. The van der Waals surface area contributed by atoms with E-state index in [1.807, 2.05) is 0 Å². The lowest BCUT2D eigenvalue weighted by molar-refractivity contribution is -0.148. The van der Waals surface area contributed by atoms with Crippen LogP contribution in [0.4, 0.5) is 4.79 Å². The number of nitrogens with one attached hydrogen (secondary N) is 2. The molecule has 18 heavy (non-hydrogen) atoms. The van der Waals surface area contributed by atoms with Gasteiger partial charge in [0.15, 0.2) is 0 Å². The Balaban J connectivity index is 1.66. The summed E-state index contributed by atoms with van der Waals surface area (Å²) in [6.45, 7) is 1.32. The molecule has 2 fully saturated rings. The molecule has 102 valence electrons. The smallest absolute Gasteiger partial charge is 0.329 e. The Morgan fingerprint density at radius 3 is 2.61 bits per heavy atom. The molecule has 1 aliphatic carbocycles. The second-order valence-electron chi connectivity index (χ2n) is 5.05. The number of ether oxygens (including phenoxy) is 1. The highest BCUT2D eigenvalue weighted by molar-refractivity contribution is 5.87. The van der Waals surface area contributed by atoms with Gasteiger partial charge in [0.25, 0.3) is 0 Å².